The maximum absolute atomic E-state index is 12.5. The number of benzene rings is 1. The number of carbonyl (C=O) groups is 1. The van der Waals surface area contributed by atoms with Crippen molar-refractivity contribution < 1.29 is 14.3 Å². The molecule has 0 bridgehead atoms. The number of carbonyl (C=O) groups excluding carboxylic acids is 1. The lowest BCUT2D eigenvalue weighted by atomic mass is 10.1. The normalized spacial score (nSPS) is 18.2. The summed E-state index contributed by atoms with van der Waals surface area (Å²) in [5.41, 5.74) is 1.23. The molecule has 7 heteroatoms. The summed E-state index contributed by atoms with van der Waals surface area (Å²) in [5.74, 6) is 1.79. The van der Waals surface area contributed by atoms with Gasteiger partial charge in [0.2, 0.25) is 12.7 Å². The Morgan fingerprint density at radius 3 is 2.79 bits per heavy atom. The summed E-state index contributed by atoms with van der Waals surface area (Å²) < 4.78 is 10.8. The van der Waals surface area contributed by atoms with Gasteiger partial charge in [0.25, 0.3) is 0 Å². The number of ether oxygens (including phenoxy) is 2. The smallest absolute Gasteiger partial charge is 0.237 e. The predicted molar refractivity (Wildman–Crippen MR) is 110 cm³/mol. The van der Waals surface area contributed by atoms with Gasteiger partial charge in [-0.25, -0.2) is 0 Å². The van der Waals surface area contributed by atoms with Crippen molar-refractivity contribution in [2.75, 3.05) is 39.5 Å². The van der Waals surface area contributed by atoms with Crippen molar-refractivity contribution in [3.63, 3.8) is 0 Å². The number of amides is 1. The van der Waals surface area contributed by atoms with Crippen LogP contribution in [0.15, 0.2) is 35.7 Å². The summed E-state index contributed by atoms with van der Waals surface area (Å²) >= 11 is 1.74. The average molecular weight is 402 g/mol. The predicted octanol–water partition coefficient (Wildman–Crippen LogP) is 2.34. The standard InChI is InChI=1S/C21H27N3O3S/c1-16(21(25)22-7-6-18-3-2-12-28-18)24-10-8-23(9-11-24)14-17-4-5-19-20(13-17)27-15-26-19/h2-5,12-13,16H,6-11,14-15H2,1H3,(H,22,25). The molecule has 1 aromatic heterocycles. The van der Waals surface area contributed by atoms with Crippen molar-refractivity contribution in [2.45, 2.75) is 25.9 Å². The number of nitrogens with one attached hydrogen (secondary N) is 1. The van der Waals surface area contributed by atoms with Crippen LogP contribution in [0, 0.1) is 0 Å². The second kappa shape index (κ2) is 8.94. The maximum Gasteiger partial charge on any atom is 0.237 e. The molecular formula is C21H27N3O3S. The topological polar surface area (TPSA) is 54.0 Å². The van der Waals surface area contributed by atoms with E-state index < -0.39 is 0 Å². The van der Waals surface area contributed by atoms with E-state index in [9.17, 15) is 4.79 Å². The van der Waals surface area contributed by atoms with Crippen LogP contribution in [0.1, 0.15) is 17.4 Å². The summed E-state index contributed by atoms with van der Waals surface area (Å²) in [6.07, 6.45) is 0.902. The van der Waals surface area contributed by atoms with E-state index >= 15 is 0 Å². The first-order chi connectivity index (χ1) is 13.7. The molecule has 3 heterocycles. The number of hydrogen-bond acceptors (Lipinski definition) is 6. The molecule has 0 spiro atoms. The molecule has 1 N–H and O–H groups in total. The largest absolute Gasteiger partial charge is 0.454 e. The highest BCUT2D eigenvalue weighted by Crippen LogP contribution is 2.32. The monoisotopic (exact) mass is 401 g/mol. The van der Waals surface area contributed by atoms with Gasteiger partial charge in [-0.05, 0) is 42.5 Å². The quantitative estimate of drug-likeness (QED) is 0.772. The Morgan fingerprint density at radius 1 is 1.18 bits per heavy atom. The van der Waals surface area contributed by atoms with Crippen LogP contribution in [0.25, 0.3) is 0 Å². The van der Waals surface area contributed by atoms with E-state index in [1.54, 1.807) is 11.3 Å². The fraction of sp³-hybridized carbons (Fsp3) is 0.476. The van der Waals surface area contributed by atoms with E-state index in [-0.39, 0.29) is 11.9 Å². The fourth-order valence-electron chi connectivity index (χ4n) is 3.68. The number of fused-ring (bicyclic) bond motifs is 1. The van der Waals surface area contributed by atoms with Crippen molar-refractivity contribution in [3.05, 3.63) is 46.2 Å². The molecule has 2 aliphatic heterocycles. The van der Waals surface area contributed by atoms with Crippen LogP contribution in [-0.4, -0.2) is 61.3 Å². The van der Waals surface area contributed by atoms with E-state index in [1.165, 1.54) is 10.4 Å². The highest BCUT2D eigenvalue weighted by atomic mass is 32.1. The molecule has 1 unspecified atom stereocenters. The molecule has 1 saturated heterocycles. The molecule has 28 heavy (non-hydrogen) atoms. The Kier molecular flexibility index (Phi) is 6.14. The maximum atomic E-state index is 12.5. The number of hydrogen-bond donors (Lipinski definition) is 1. The Balaban J connectivity index is 1.20. The number of rotatable bonds is 7. The van der Waals surface area contributed by atoms with E-state index in [1.807, 2.05) is 19.1 Å². The third-order valence-corrected chi connectivity index (χ3v) is 6.36. The van der Waals surface area contributed by atoms with Crippen molar-refractivity contribution in [2.24, 2.45) is 0 Å². The third-order valence-electron chi connectivity index (χ3n) is 5.43. The SMILES string of the molecule is CC(C(=O)NCCc1cccs1)N1CCN(Cc2ccc3c(c2)OCO3)CC1. The minimum absolute atomic E-state index is 0.0870. The van der Waals surface area contributed by atoms with E-state index in [0.717, 1.165) is 50.6 Å². The molecule has 6 nitrogen and oxygen atoms in total. The lowest BCUT2D eigenvalue weighted by molar-refractivity contribution is -0.126. The van der Waals surface area contributed by atoms with Crippen molar-refractivity contribution in [3.8, 4) is 11.5 Å². The molecular weight excluding hydrogens is 374 g/mol. The first kappa shape index (κ1) is 19.2. The van der Waals surface area contributed by atoms with Gasteiger partial charge in [-0.15, -0.1) is 11.3 Å². The Hall–Kier alpha value is -2.09. The average Bonchev–Trinajstić information content (AvgIpc) is 3.39. The van der Waals surface area contributed by atoms with Gasteiger partial charge in [0.1, 0.15) is 0 Å². The summed E-state index contributed by atoms with van der Waals surface area (Å²) in [4.78, 5) is 18.5. The van der Waals surface area contributed by atoms with Crippen LogP contribution in [-0.2, 0) is 17.8 Å². The van der Waals surface area contributed by atoms with Gasteiger partial charge in [0, 0.05) is 44.1 Å². The summed E-state index contributed by atoms with van der Waals surface area (Å²) in [7, 11) is 0. The minimum atomic E-state index is -0.0870. The molecule has 0 radical (unpaired) electrons. The number of thiophene rings is 1. The molecule has 0 aliphatic carbocycles. The third kappa shape index (κ3) is 4.66. The molecule has 2 aliphatic rings. The van der Waals surface area contributed by atoms with E-state index in [4.69, 9.17) is 9.47 Å². The molecule has 150 valence electrons. The molecule has 4 rings (SSSR count). The van der Waals surface area contributed by atoms with Gasteiger partial charge in [-0.2, -0.15) is 0 Å². The Bertz CT molecular complexity index is 788. The van der Waals surface area contributed by atoms with Crippen LogP contribution in [0.4, 0.5) is 0 Å². The van der Waals surface area contributed by atoms with Crippen molar-refractivity contribution >= 4 is 17.2 Å². The Morgan fingerprint density at radius 2 is 2.00 bits per heavy atom. The summed E-state index contributed by atoms with van der Waals surface area (Å²) in [6.45, 7) is 7.65. The molecule has 1 atom stereocenters. The zero-order valence-corrected chi connectivity index (χ0v) is 17.0. The Labute approximate surface area is 170 Å². The van der Waals surface area contributed by atoms with Gasteiger partial charge in [0.05, 0.1) is 6.04 Å². The van der Waals surface area contributed by atoms with Crippen LogP contribution in [0.2, 0.25) is 0 Å². The van der Waals surface area contributed by atoms with Crippen LogP contribution in [0.3, 0.4) is 0 Å². The number of piperazine rings is 1. The van der Waals surface area contributed by atoms with Crippen LogP contribution >= 0.6 is 11.3 Å². The molecule has 1 aromatic carbocycles. The highest BCUT2D eigenvalue weighted by Gasteiger charge is 2.25. The van der Waals surface area contributed by atoms with Gasteiger partial charge in [-0.1, -0.05) is 12.1 Å². The zero-order chi connectivity index (χ0) is 19.3. The fourth-order valence-corrected chi connectivity index (χ4v) is 4.39. The number of nitrogens with zero attached hydrogens (tertiary/aromatic N) is 2. The first-order valence-corrected chi connectivity index (χ1v) is 10.7. The lowest BCUT2D eigenvalue weighted by Crippen LogP contribution is -2.53. The second-order valence-corrected chi connectivity index (χ2v) is 8.33. The van der Waals surface area contributed by atoms with Crippen LogP contribution in [0.5, 0.6) is 11.5 Å². The minimum Gasteiger partial charge on any atom is -0.454 e. The molecule has 1 amide bonds. The van der Waals surface area contributed by atoms with Crippen LogP contribution < -0.4 is 14.8 Å². The first-order valence-electron chi connectivity index (χ1n) is 9.84. The van der Waals surface area contributed by atoms with Gasteiger partial charge >= 0.3 is 0 Å². The summed E-state index contributed by atoms with van der Waals surface area (Å²) in [6, 6.07) is 10.2. The van der Waals surface area contributed by atoms with E-state index in [0.29, 0.717) is 13.3 Å². The van der Waals surface area contributed by atoms with E-state index in [2.05, 4.69) is 38.7 Å². The van der Waals surface area contributed by atoms with Gasteiger partial charge < -0.3 is 14.8 Å². The second-order valence-electron chi connectivity index (χ2n) is 7.30. The zero-order valence-electron chi connectivity index (χ0n) is 16.2. The summed E-state index contributed by atoms with van der Waals surface area (Å²) in [5, 5.41) is 5.15. The molecule has 2 aromatic rings. The highest BCUT2D eigenvalue weighted by molar-refractivity contribution is 7.09. The molecule has 1 fully saturated rings. The molecule has 0 saturated carbocycles. The van der Waals surface area contributed by atoms with Gasteiger partial charge in [0.15, 0.2) is 11.5 Å². The van der Waals surface area contributed by atoms with Crippen molar-refractivity contribution in [1.82, 2.24) is 15.1 Å². The van der Waals surface area contributed by atoms with Crippen molar-refractivity contribution in [1.29, 1.82) is 0 Å². The lowest BCUT2D eigenvalue weighted by Gasteiger charge is -2.37. The van der Waals surface area contributed by atoms with Gasteiger partial charge in [-0.3, -0.25) is 14.6 Å².